The Balaban J connectivity index is 1.62. The largest absolute Gasteiger partial charge is 0.489 e. The van der Waals surface area contributed by atoms with Gasteiger partial charge in [0.25, 0.3) is 0 Å². The highest BCUT2D eigenvalue weighted by Gasteiger charge is 2.30. The first-order valence-corrected chi connectivity index (χ1v) is 9.31. The average Bonchev–Trinajstić information content (AvgIpc) is 2.80. The van der Waals surface area contributed by atoms with Crippen LogP contribution in [0, 0.1) is 0 Å². The summed E-state index contributed by atoms with van der Waals surface area (Å²) in [7, 11) is 2.45. The van der Waals surface area contributed by atoms with Gasteiger partial charge < -0.3 is 18.9 Å². The molecule has 0 spiro atoms. The topological polar surface area (TPSA) is 71.1 Å². The third kappa shape index (κ3) is 5.38. The van der Waals surface area contributed by atoms with Gasteiger partial charge in [-0.1, -0.05) is 42.5 Å². The number of carbonyl (C=O) groups is 2. The first kappa shape index (κ1) is 20.9. The number of ether oxygens (including phenoxy) is 4. The minimum absolute atomic E-state index is 0.464. The Bertz CT molecular complexity index is 949. The molecule has 3 rings (SSSR count). The summed E-state index contributed by atoms with van der Waals surface area (Å²) in [5.41, 5.74) is 1.56. The Kier molecular flexibility index (Phi) is 7.05. The van der Waals surface area contributed by atoms with Crippen molar-refractivity contribution in [2.24, 2.45) is 0 Å². The first-order valence-electron chi connectivity index (χ1n) is 9.31. The molecule has 0 amide bonds. The molecule has 0 radical (unpaired) electrons. The zero-order valence-electron chi connectivity index (χ0n) is 16.7. The highest BCUT2D eigenvalue weighted by Crippen LogP contribution is 2.27. The Labute approximate surface area is 175 Å². The van der Waals surface area contributed by atoms with Crippen LogP contribution in [0.3, 0.4) is 0 Å². The van der Waals surface area contributed by atoms with Gasteiger partial charge in [-0.05, 0) is 47.5 Å². The fraction of sp³-hybridized carbons (Fsp3) is 0.167. The van der Waals surface area contributed by atoms with Crippen molar-refractivity contribution >= 4 is 11.9 Å². The van der Waals surface area contributed by atoms with E-state index in [-0.39, 0.29) is 0 Å². The molecule has 0 aliphatic carbocycles. The second-order valence-corrected chi connectivity index (χ2v) is 6.40. The van der Waals surface area contributed by atoms with Gasteiger partial charge in [0.2, 0.25) is 0 Å². The molecule has 6 nitrogen and oxygen atoms in total. The van der Waals surface area contributed by atoms with Crippen LogP contribution in [0.25, 0.3) is 0 Å². The molecule has 0 aliphatic heterocycles. The molecule has 0 unspecified atom stereocenters. The van der Waals surface area contributed by atoms with E-state index in [0.29, 0.717) is 23.7 Å². The molecule has 0 bridgehead atoms. The van der Waals surface area contributed by atoms with Gasteiger partial charge in [0.1, 0.15) is 23.9 Å². The lowest BCUT2D eigenvalue weighted by atomic mass is 9.99. The van der Waals surface area contributed by atoms with E-state index < -0.39 is 17.9 Å². The van der Waals surface area contributed by atoms with Crippen LogP contribution in [0.4, 0.5) is 0 Å². The predicted octanol–water partition coefficient (Wildman–Crippen LogP) is 4.49. The number of carbonyl (C=O) groups excluding carboxylic acids is 2. The first-order chi connectivity index (χ1) is 14.6. The Morgan fingerprint density at radius 1 is 0.700 bits per heavy atom. The SMILES string of the molecule is COC(=O)C(C(=O)OC)c1ccc(Oc2ccc(OCc3ccccc3)cc2)cc1. The monoisotopic (exact) mass is 406 g/mol. The van der Waals surface area contributed by atoms with Crippen LogP contribution >= 0.6 is 0 Å². The van der Waals surface area contributed by atoms with Gasteiger partial charge in [0.05, 0.1) is 14.2 Å². The number of benzene rings is 3. The van der Waals surface area contributed by atoms with Gasteiger partial charge >= 0.3 is 11.9 Å². The molecule has 0 fully saturated rings. The smallest absolute Gasteiger partial charge is 0.324 e. The predicted molar refractivity (Wildman–Crippen MR) is 111 cm³/mol. The van der Waals surface area contributed by atoms with E-state index in [9.17, 15) is 9.59 Å². The fourth-order valence-electron chi connectivity index (χ4n) is 2.81. The summed E-state index contributed by atoms with van der Waals surface area (Å²) in [5.74, 6) is -0.559. The number of hydrogen-bond acceptors (Lipinski definition) is 6. The van der Waals surface area contributed by atoms with Crippen LogP contribution in [0.2, 0.25) is 0 Å². The zero-order chi connectivity index (χ0) is 21.3. The Hall–Kier alpha value is -3.80. The maximum Gasteiger partial charge on any atom is 0.324 e. The number of methoxy groups -OCH3 is 2. The van der Waals surface area contributed by atoms with Crippen LogP contribution in [0.15, 0.2) is 78.9 Å². The second-order valence-electron chi connectivity index (χ2n) is 6.40. The third-order valence-electron chi connectivity index (χ3n) is 4.39. The van der Waals surface area contributed by atoms with Gasteiger partial charge in [-0.3, -0.25) is 9.59 Å². The van der Waals surface area contributed by atoms with Gasteiger partial charge in [0, 0.05) is 0 Å². The van der Waals surface area contributed by atoms with E-state index in [1.54, 1.807) is 36.4 Å². The lowest BCUT2D eigenvalue weighted by Crippen LogP contribution is -2.24. The summed E-state index contributed by atoms with van der Waals surface area (Å²) in [4.78, 5) is 23.8. The van der Waals surface area contributed by atoms with E-state index >= 15 is 0 Å². The quantitative estimate of drug-likeness (QED) is 0.406. The van der Waals surface area contributed by atoms with Crippen molar-refractivity contribution in [1.82, 2.24) is 0 Å². The molecule has 0 heterocycles. The van der Waals surface area contributed by atoms with Crippen molar-refractivity contribution in [3.8, 4) is 17.2 Å². The van der Waals surface area contributed by atoms with Gasteiger partial charge in [-0.15, -0.1) is 0 Å². The summed E-state index contributed by atoms with van der Waals surface area (Å²) in [6, 6.07) is 23.8. The lowest BCUT2D eigenvalue weighted by Gasteiger charge is -2.13. The number of esters is 2. The van der Waals surface area contributed by atoms with E-state index in [0.717, 1.165) is 11.3 Å². The molecule has 0 aliphatic rings. The molecule has 3 aromatic carbocycles. The average molecular weight is 406 g/mol. The molecule has 154 valence electrons. The molecule has 30 heavy (non-hydrogen) atoms. The van der Waals surface area contributed by atoms with E-state index in [2.05, 4.69) is 0 Å². The molecule has 0 N–H and O–H groups in total. The second kappa shape index (κ2) is 10.1. The fourth-order valence-corrected chi connectivity index (χ4v) is 2.81. The zero-order valence-corrected chi connectivity index (χ0v) is 16.7. The number of rotatable bonds is 8. The highest BCUT2D eigenvalue weighted by atomic mass is 16.5. The molecule has 3 aromatic rings. The van der Waals surface area contributed by atoms with E-state index in [1.165, 1.54) is 14.2 Å². The summed E-state index contributed by atoms with van der Waals surface area (Å²) >= 11 is 0. The van der Waals surface area contributed by atoms with E-state index in [4.69, 9.17) is 18.9 Å². The lowest BCUT2D eigenvalue weighted by molar-refractivity contribution is -0.154. The normalized spacial score (nSPS) is 10.4. The van der Waals surface area contributed by atoms with Crippen molar-refractivity contribution in [2.75, 3.05) is 14.2 Å². The molecular weight excluding hydrogens is 384 g/mol. The Morgan fingerprint density at radius 3 is 1.73 bits per heavy atom. The number of hydrogen-bond donors (Lipinski definition) is 0. The maximum atomic E-state index is 11.9. The van der Waals surface area contributed by atoms with Crippen LogP contribution in [-0.2, 0) is 25.7 Å². The summed E-state index contributed by atoms with van der Waals surface area (Å²) in [6.45, 7) is 0.490. The minimum atomic E-state index is -1.13. The standard InChI is InChI=1S/C24H22O6/c1-27-23(25)22(24(26)28-2)18-8-10-20(11-9-18)30-21-14-12-19(13-15-21)29-16-17-6-4-3-5-7-17/h3-15,22H,16H2,1-2H3. The van der Waals surface area contributed by atoms with Gasteiger partial charge in [-0.2, -0.15) is 0 Å². The molecule has 0 saturated carbocycles. The molecule has 0 saturated heterocycles. The van der Waals surface area contributed by atoms with Crippen molar-refractivity contribution < 1.29 is 28.5 Å². The minimum Gasteiger partial charge on any atom is -0.489 e. The summed E-state index contributed by atoms with van der Waals surface area (Å²) < 4.78 is 21.0. The molecule has 6 heteroatoms. The van der Waals surface area contributed by atoms with Crippen LogP contribution in [0.1, 0.15) is 17.0 Å². The van der Waals surface area contributed by atoms with Crippen molar-refractivity contribution in [3.63, 3.8) is 0 Å². The molecule has 0 aromatic heterocycles. The van der Waals surface area contributed by atoms with Gasteiger partial charge in [-0.25, -0.2) is 0 Å². The molecule has 0 atom stereocenters. The summed E-state index contributed by atoms with van der Waals surface area (Å²) in [5, 5.41) is 0. The van der Waals surface area contributed by atoms with Crippen LogP contribution < -0.4 is 9.47 Å². The van der Waals surface area contributed by atoms with Crippen LogP contribution in [-0.4, -0.2) is 26.2 Å². The highest BCUT2D eigenvalue weighted by molar-refractivity contribution is 6.00. The molecular formula is C24H22O6. The van der Waals surface area contributed by atoms with Crippen molar-refractivity contribution in [3.05, 3.63) is 90.0 Å². The summed E-state index contributed by atoms with van der Waals surface area (Å²) in [6.07, 6.45) is 0. The van der Waals surface area contributed by atoms with Crippen molar-refractivity contribution in [1.29, 1.82) is 0 Å². The van der Waals surface area contributed by atoms with E-state index in [1.807, 2.05) is 42.5 Å². The third-order valence-corrected chi connectivity index (χ3v) is 4.39. The van der Waals surface area contributed by atoms with Crippen molar-refractivity contribution in [2.45, 2.75) is 12.5 Å². The maximum absolute atomic E-state index is 11.9. The van der Waals surface area contributed by atoms with Crippen LogP contribution in [0.5, 0.6) is 17.2 Å². The Morgan fingerprint density at radius 2 is 1.20 bits per heavy atom. The van der Waals surface area contributed by atoms with Gasteiger partial charge in [0.15, 0.2) is 5.92 Å².